The Bertz CT molecular complexity index is 979. The highest BCUT2D eigenvalue weighted by molar-refractivity contribution is 9.10. The molecule has 28 heavy (non-hydrogen) atoms. The molecule has 1 aromatic heterocycles. The Balaban J connectivity index is 1.29. The summed E-state index contributed by atoms with van der Waals surface area (Å²) in [5, 5.41) is 3.89. The SMILES string of the molecule is O=C(NCC(=O)N1CCC(c2nc3ccccc3s2)CC1)c1cccc(Br)c1. The van der Waals surface area contributed by atoms with E-state index in [-0.39, 0.29) is 18.4 Å². The molecule has 1 fully saturated rings. The summed E-state index contributed by atoms with van der Waals surface area (Å²) >= 11 is 5.10. The Kier molecular flexibility index (Phi) is 5.73. The van der Waals surface area contributed by atoms with Gasteiger partial charge in [0, 0.05) is 29.0 Å². The lowest BCUT2D eigenvalue weighted by Crippen LogP contribution is -2.43. The van der Waals surface area contributed by atoms with Crippen molar-refractivity contribution in [2.75, 3.05) is 19.6 Å². The maximum Gasteiger partial charge on any atom is 0.251 e. The first-order chi connectivity index (χ1) is 13.6. The van der Waals surface area contributed by atoms with Gasteiger partial charge < -0.3 is 10.2 Å². The minimum absolute atomic E-state index is 0.0250. The minimum atomic E-state index is -0.237. The summed E-state index contributed by atoms with van der Waals surface area (Å²) in [6, 6.07) is 15.3. The summed E-state index contributed by atoms with van der Waals surface area (Å²) in [7, 11) is 0. The van der Waals surface area contributed by atoms with E-state index in [1.54, 1.807) is 29.5 Å². The first-order valence-corrected chi connectivity index (χ1v) is 10.9. The van der Waals surface area contributed by atoms with Crippen molar-refractivity contribution >= 4 is 49.3 Å². The fourth-order valence-corrected chi connectivity index (χ4v) is 4.98. The zero-order valence-electron chi connectivity index (χ0n) is 15.2. The number of nitrogens with one attached hydrogen (secondary N) is 1. The Morgan fingerprint density at radius 2 is 1.93 bits per heavy atom. The van der Waals surface area contributed by atoms with Gasteiger partial charge in [-0.15, -0.1) is 11.3 Å². The van der Waals surface area contributed by atoms with Crippen LogP contribution >= 0.6 is 27.3 Å². The third-order valence-corrected chi connectivity index (χ3v) is 6.69. The summed E-state index contributed by atoms with van der Waals surface area (Å²) < 4.78 is 2.05. The van der Waals surface area contributed by atoms with Crippen molar-refractivity contribution in [1.82, 2.24) is 15.2 Å². The zero-order chi connectivity index (χ0) is 19.5. The number of nitrogens with zero attached hydrogens (tertiary/aromatic N) is 2. The lowest BCUT2D eigenvalue weighted by Gasteiger charge is -2.31. The number of benzene rings is 2. The van der Waals surface area contributed by atoms with E-state index >= 15 is 0 Å². The number of fused-ring (bicyclic) bond motifs is 1. The van der Waals surface area contributed by atoms with Gasteiger partial charge in [-0.1, -0.05) is 34.1 Å². The van der Waals surface area contributed by atoms with Crippen molar-refractivity contribution in [2.24, 2.45) is 0 Å². The Labute approximate surface area is 175 Å². The van der Waals surface area contributed by atoms with Crippen molar-refractivity contribution in [1.29, 1.82) is 0 Å². The number of likely N-dealkylation sites (tertiary alicyclic amines) is 1. The quantitative estimate of drug-likeness (QED) is 0.638. The number of halogens is 1. The lowest BCUT2D eigenvalue weighted by atomic mass is 9.97. The second-order valence-corrected chi connectivity index (χ2v) is 8.85. The first-order valence-electron chi connectivity index (χ1n) is 9.27. The monoisotopic (exact) mass is 457 g/mol. The van der Waals surface area contributed by atoms with Gasteiger partial charge in [-0.25, -0.2) is 4.98 Å². The van der Waals surface area contributed by atoms with Crippen molar-refractivity contribution in [3.63, 3.8) is 0 Å². The Morgan fingerprint density at radius 1 is 1.14 bits per heavy atom. The number of rotatable bonds is 4. The van der Waals surface area contributed by atoms with Crippen LogP contribution in [0.15, 0.2) is 53.0 Å². The average Bonchev–Trinajstić information content (AvgIpc) is 3.16. The smallest absolute Gasteiger partial charge is 0.251 e. The number of carbonyl (C=O) groups excluding carboxylic acids is 2. The number of hydrogen-bond acceptors (Lipinski definition) is 4. The molecule has 2 amide bonds. The van der Waals surface area contributed by atoms with E-state index in [4.69, 9.17) is 4.98 Å². The van der Waals surface area contributed by atoms with Crippen LogP contribution in [0.4, 0.5) is 0 Å². The molecule has 0 spiro atoms. The van der Waals surface area contributed by atoms with Crippen molar-refractivity contribution in [2.45, 2.75) is 18.8 Å². The summed E-state index contributed by atoms with van der Waals surface area (Å²) in [5.74, 6) is 0.128. The van der Waals surface area contributed by atoms with E-state index in [0.29, 0.717) is 24.6 Å². The van der Waals surface area contributed by atoms with Crippen molar-refractivity contribution in [3.8, 4) is 0 Å². The Hall–Kier alpha value is -2.25. The maximum absolute atomic E-state index is 12.5. The van der Waals surface area contributed by atoms with Crippen LogP contribution in [-0.4, -0.2) is 41.3 Å². The van der Waals surface area contributed by atoms with Crippen LogP contribution in [0.3, 0.4) is 0 Å². The first kappa shape index (κ1) is 19.1. The third kappa shape index (κ3) is 4.25. The molecule has 0 aliphatic carbocycles. The fourth-order valence-electron chi connectivity index (χ4n) is 3.44. The normalized spacial score (nSPS) is 15.0. The topological polar surface area (TPSA) is 62.3 Å². The minimum Gasteiger partial charge on any atom is -0.343 e. The van der Waals surface area contributed by atoms with Crippen LogP contribution in [0.25, 0.3) is 10.2 Å². The molecule has 144 valence electrons. The molecule has 4 rings (SSSR count). The molecule has 0 radical (unpaired) electrons. The molecule has 7 heteroatoms. The fraction of sp³-hybridized carbons (Fsp3) is 0.286. The number of thiazole rings is 1. The van der Waals surface area contributed by atoms with Gasteiger partial charge in [-0.3, -0.25) is 9.59 Å². The number of amides is 2. The predicted octanol–water partition coefficient (Wildman–Crippen LogP) is 4.19. The van der Waals surface area contributed by atoms with E-state index in [1.165, 1.54) is 4.70 Å². The number of piperidine rings is 1. The lowest BCUT2D eigenvalue weighted by molar-refractivity contribution is -0.131. The van der Waals surface area contributed by atoms with Crippen LogP contribution in [0.5, 0.6) is 0 Å². The number of aromatic nitrogens is 1. The molecule has 0 bridgehead atoms. The summed E-state index contributed by atoms with van der Waals surface area (Å²) in [6.07, 6.45) is 1.82. The van der Waals surface area contributed by atoms with Crippen LogP contribution in [0, 0.1) is 0 Å². The van der Waals surface area contributed by atoms with Gasteiger partial charge in [-0.05, 0) is 43.2 Å². The predicted molar refractivity (Wildman–Crippen MR) is 115 cm³/mol. The molecule has 3 aromatic rings. The summed E-state index contributed by atoms with van der Waals surface area (Å²) in [4.78, 5) is 31.3. The van der Waals surface area contributed by atoms with E-state index in [0.717, 1.165) is 27.8 Å². The van der Waals surface area contributed by atoms with Crippen LogP contribution in [0.1, 0.15) is 34.1 Å². The van der Waals surface area contributed by atoms with Gasteiger partial charge in [-0.2, -0.15) is 0 Å². The molecule has 0 unspecified atom stereocenters. The number of hydrogen-bond donors (Lipinski definition) is 1. The van der Waals surface area contributed by atoms with E-state index < -0.39 is 0 Å². The third-order valence-electron chi connectivity index (χ3n) is 4.99. The van der Waals surface area contributed by atoms with Gasteiger partial charge in [0.05, 0.1) is 21.8 Å². The second-order valence-electron chi connectivity index (χ2n) is 6.87. The summed E-state index contributed by atoms with van der Waals surface area (Å²) in [6.45, 7) is 1.43. The maximum atomic E-state index is 12.5. The van der Waals surface area contributed by atoms with Crippen molar-refractivity contribution in [3.05, 3.63) is 63.6 Å². The van der Waals surface area contributed by atoms with Gasteiger partial charge in [0.2, 0.25) is 5.91 Å². The van der Waals surface area contributed by atoms with Gasteiger partial charge in [0.25, 0.3) is 5.91 Å². The zero-order valence-corrected chi connectivity index (χ0v) is 17.6. The number of para-hydroxylation sites is 1. The van der Waals surface area contributed by atoms with Gasteiger partial charge >= 0.3 is 0 Å². The molecule has 2 aromatic carbocycles. The van der Waals surface area contributed by atoms with Crippen LogP contribution in [0.2, 0.25) is 0 Å². The molecule has 2 heterocycles. The molecule has 1 N–H and O–H groups in total. The summed E-state index contributed by atoms with van der Waals surface area (Å²) in [5.41, 5.74) is 1.59. The van der Waals surface area contributed by atoms with Gasteiger partial charge in [0.1, 0.15) is 0 Å². The molecule has 1 saturated heterocycles. The standard InChI is InChI=1S/C21H20BrN3O2S/c22-16-5-3-4-15(12-16)20(27)23-13-19(26)25-10-8-14(9-11-25)21-24-17-6-1-2-7-18(17)28-21/h1-7,12,14H,8-11,13H2,(H,23,27). The van der Waals surface area contributed by atoms with Crippen LogP contribution < -0.4 is 5.32 Å². The largest absolute Gasteiger partial charge is 0.343 e. The average molecular weight is 458 g/mol. The highest BCUT2D eigenvalue weighted by atomic mass is 79.9. The van der Waals surface area contributed by atoms with Crippen LogP contribution in [-0.2, 0) is 4.79 Å². The molecule has 5 nitrogen and oxygen atoms in total. The highest BCUT2D eigenvalue weighted by Crippen LogP contribution is 2.33. The molecular weight excluding hydrogens is 438 g/mol. The Morgan fingerprint density at radius 3 is 2.68 bits per heavy atom. The molecule has 1 aliphatic rings. The molecule has 0 saturated carbocycles. The van der Waals surface area contributed by atoms with Crippen molar-refractivity contribution < 1.29 is 9.59 Å². The number of carbonyl (C=O) groups is 2. The van der Waals surface area contributed by atoms with Gasteiger partial charge in [0.15, 0.2) is 0 Å². The molecule has 1 aliphatic heterocycles. The van der Waals surface area contributed by atoms with E-state index in [9.17, 15) is 9.59 Å². The van der Waals surface area contributed by atoms with E-state index in [1.807, 2.05) is 29.2 Å². The highest BCUT2D eigenvalue weighted by Gasteiger charge is 2.26. The molecular formula is C21H20BrN3O2S. The molecule has 0 atom stereocenters. The second kappa shape index (κ2) is 8.41. The van der Waals surface area contributed by atoms with E-state index in [2.05, 4.69) is 27.3 Å².